The van der Waals surface area contributed by atoms with E-state index in [0.717, 1.165) is 56.9 Å². The predicted octanol–water partition coefficient (Wildman–Crippen LogP) is 3.95. The Hall–Kier alpha value is -3.19. The molecule has 7 nitrogen and oxygen atoms in total. The Balaban J connectivity index is 1.28. The number of likely N-dealkylation sites (tertiary alicyclic amines) is 1. The van der Waals surface area contributed by atoms with Gasteiger partial charge in [-0.05, 0) is 61.4 Å². The van der Waals surface area contributed by atoms with Gasteiger partial charge >= 0.3 is 0 Å². The molecule has 0 radical (unpaired) electrons. The van der Waals surface area contributed by atoms with Crippen LogP contribution in [-0.2, 0) is 13.1 Å². The van der Waals surface area contributed by atoms with Crippen molar-refractivity contribution in [1.82, 2.24) is 19.7 Å². The molecule has 2 aliphatic rings. The quantitative estimate of drug-likeness (QED) is 0.641. The largest absolute Gasteiger partial charge is 0.370 e. The SMILES string of the molecule is Cc1c(C2CCN(Cc3ccccc3)C2)cnc(NC(=O)c2cnn3c2NCCC3)c1C. The molecule has 4 heterocycles. The topological polar surface area (TPSA) is 75.1 Å². The maximum Gasteiger partial charge on any atom is 0.262 e. The molecule has 32 heavy (non-hydrogen) atoms. The summed E-state index contributed by atoms with van der Waals surface area (Å²) < 4.78 is 1.86. The molecule has 0 bridgehead atoms. The molecule has 1 amide bonds. The number of anilines is 2. The lowest BCUT2D eigenvalue weighted by Gasteiger charge is -2.19. The van der Waals surface area contributed by atoms with Crippen LogP contribution in [0, 0.1) is 13.8 Å². The average Bonchev–Trinajstić information content (AvgIpc) is 3.45. The van der Waals surface area contributed by atoms with Crippen molar-refractivity contribution in [2.75, 3.05) is 30.3 Å². The van der Waals surface area contributed by atoms with Crippen molar-refractivity contribution in [3.63, 3.8) is 0 Å². The van der Waals surface area contributed by atoms with Crippen molar-refractivity contribution in [2.24, 2.45) is 0 Å². The maximum absolute atomic E-state index is 12.9. The summed E-state index contributed by atoms with van der Waals surface area (Å²) in [6.45, 7) is 9.01. The predicted molar refractivity (Wildman–Crippen MR) is 126 cm³/mol. The average molecular weight is 431 g/mol. The van der Waals surface area contributed by atoms with E-state index in [-0.39, 0.29) is 5.91 Å². The standard InChI is InChI=1S/C25H30N6O/c1-17-18(2)23(29-25(32)22-14-28-31-11-6-10-26-24(22)31)27-13-21(17)20-9-12-30(16-20)15-19-7-4-3-5-8-19/h3-5,7-8,13-14,20,26H,6,9-12,15-16H2,1-2H3,(H,27,29,32). The van der Waals surface area contributed by atoms with E-state index in [1.165, 1.54) is 16.7 Å². The molecule has 166 valence electrons. The summed E-state index contributed by atoms with van der Waals surface area (Å²) in [7, 11) is 0. The molecule has 0 saturated carbocycles. The zero-order valence-electron chi connectivity index (χ0n) is 18.8. The van der Waals surface area contributed by atoms with Gasteiger partial charge in [-0.25, -0.2) is 9.67 Å². The molecule has 0 spiro atoms. The van der Waals surface area contributed by atoms with Gasteiger partial charge in [0.15, 0.2) is 0 Å². The number of nitrogens with zero attached hydrogens (tertiary/aromatic N) is 4. The second-order valence-electron chi connectivity index (χ2n) is 8.88. The minimum absolute atomic E-state index is 0.168. The van der Waals surface area contributed by atoms with Crippen LogP contribution in [0.25, 0.3) is 0 Å². The van der Waals surface area contributed by atoms with E-state index in [1.807, 2.05) is 17.8 Å². The molecule has 1 fully saturated rings. The zero-order chi connectivity index (χ0) is 22.1. The Morgan fingerprint density at radius 1 is 1.16 bits per heavy atom. The van der Waals surface area contributed by atoms with Gasteiger partial charge in [0.05, 0.1) is 6.20 Å². The van der Waals surface area contributed by atoms with Gasteiger partial charge in [0, 0.05) is 32.4 Å². The Labute approximate surface area is 188 Å². The molecular weight excluding hydrogens is 400 g/mol. The fourth-order valence-corrected chi connectivity index (χ4v) is 4.85. The van der Waals surface area contributed by atoms with E-state index < -0.39 is 0 Å². The second kappa shape index (κ2) is 8.74. The maximum atomic E-state index is 12.9. The lowest BCUT2D eigenvalue weighted by atomic mass is 9.93. The smallest absolute Gasteiger partial charge is 0.262 e. The number of aromatic nitrogens is 3. The highest BCUT2D eigenvalue weighted by Crippen LogP contribution is 2.33. The molecule has 1 aromatic carbocycles. The number of amides is 1. The summed E-state index contributed by atoms with van der Waals surface area (Å²) >= 11 is 0. The van der Waals surface area contributed by atoms with E-state index in [2.05, 4.69) is 62.9 Å². The molecule has 0 aliphatic carbocycles. The summed E-state index contributed by atoms with van der Waals surface area (Å²) in [4.78, 5) is 20.1. The summed E-state index contributed by atoms with van der Waals surface area (Å²) in [5.41, 5.74) is 5.47. The summed E-state index contributed by atoms with van der Waals surface area (Å²) in [5.74, 6) is 1.73. The molecule has 5 rings (SSSR count). The van der Waals surface area contributed by atoms with E-state index in [1.54, 1.807) is 6.20 Å². The van der Waals surface area contributed by atoms with Crippen molar-refractivity contribution in [2.45, 2.75) is 45.7 Å². The molecule has 1 atom stereocenters. The van der Waals surface area contributed by atoms with Crippen molar-refractivity contribution in [3.05, 3.63) is 70.5 Å². The number of nitrogens with one attached hydrogen (secondary N) is 2. The van der Waals surface area contributed by atoms with Gasteiger partial charge in [0.1, 0.15) is 17.2 Å². The number of hydrogen-bond donors (Lipinski definition) is 2. The van der Waals surface area contributed by atoms with Crippen LogP contribution in [0.5, 0.6) is 0 Å². The third-order valence-electron chi connectivity index (χ3n) is 6.80. The number of aryl methyl sites for hydroxylation is 1. The first-order valence-corrected chi connectivity index (χ1v) is 11.4. The highest BCUT2D eigenvalue weighted by Gasteiger charge is 2.27. The van der Waals surface area contributed by atoms with E-state index >= 15 is 0 Å². The summed E-state index contributed by atoms with van der Waals surface area (Å²) in [6.07, 6.45) is 5.75. The number of rotatable bonds is 5. The molecule has 1 saturated heterocycles. The summed E-state index contributed by atoms with van der Waals surface area (Å²) in [5, 5.41) is 10.6. The van der Waals surface area contributed by atoms with Crippen LogP contribution in [0.15, 0.2) is 42.7 Å². The minimum atomic E-state index is -0.168. The Morgan fingerprint density at radius 3 is 2.84 bits per heavy atom. The van der Waals surface area contributed by atoms with Gasteiger partial charge in [-0.15, -0.1) is 0 Å². The molecule has 2 aromatic heterocycles. The zero-order valence-corrected chi connectivity index (χ0v) is 18.8. The van der Waals surface area contributed by atoms with E-state index in [0.29, 0.717) is 17.3 Å². The number of pyridine rings is 1. The van der Waals surface area contributed by atoms with Crippen LogP contribution < -0.4 is 10.6 Å². The second-order valence-corrected chi connectivity index (χ2v) is 8.88. The monoisotopic (exact) mass is 430 g/mol. The molecule has 2 N–H and O–H groups in total. The minimum Gasteiger partial charge on any atom is -0.370 e. The number of carbonyl (C=O) groups is 1. The lowest BCUT2D eigenvalue weighted by molar-refractivity contribution is 0.102. The molecule has 2 aliphatic heterocycles. The number of benzene rings is 1. The van der Waals surface area contributed by atoms with Crippen LogP contribution in [0.3, 0.4) is 0 Å². The van der Waals surface area contributed by atoms with E-state index in [9.17, 15) is 4.79 Å². The molecular formula is C25H30N6O. The van der Waals surface area contributed by atoms with Gasteiger partial charge < -0.3 is 10.6 Å². The molecule has 3 aromatic rings. The molecule has 1 unspecified atom stereocenters. The van der Waals surface area contributed by atoms with Crippen molar-refractivity contribution in [3.8, 4) is 0 Å². The van der Waals surface area contributed by atoms with Crippen LogP contribution in [0.4, 0.5) is 11.6 Å². The number of fused-ring (bicyclic) bond motifs is 1. The van der Waals surface area contributed by atoms with Gasteiger partial charge in [-0.2, -0.15) is 5.10 Å². The Bertz CT molecular complexity index is 1120. The van der Waals surface area contributed by atoms with Crippen LogP contribution in [0.1, 0.15) is 51.4 Å². The fourth-order valence-electron chi connectivity index (χ4n) is 4.85. The number of carbonyl (C=O) groups excluding carboxylic acids is 1. The van der Waals surface area contributed by atoms with Crippen molar-refractivity contribution < 1.29 is 4.79 Å². The van der Waals surface area contributed by atoms with Gasteiger partial charge in [0.2, 0.25) is 0 Å². The lowest BCUT2D eigenvalue weighted by Crippen LogP contribution is -2.21. The highest BCUT2D eigenvalue weighted by atomic mass is 16.1. The number of hydrogen-bond acceptors (Lipinski definition) is 5. The van der Waals surface area contributed by atoms with Crippen LogP contribution in [-0.4, -0.2) is 45.2 Å². The first-order chi connectivity index (χ1) is 15.6. The van der Waals surface area contributed by atoms with E-state index in [4.69, 9.17) is 0 Å². The van der Waals surface area contributed by atoms with Gasteiger partial charge in [-0.3, -0.25) is 9.69 Å². The normalized spacial score (nSPS) is 18.2. The Kier molecular flexibility index (Phi) is 5.66. The van der Waals surface area contributed by atoms with Crippen molar-refractivity contribution in [1.29, 1.82) is 0 Å². The van der Waals surface area contributed by atoms with Crippen molar-refractivity contribution >= 4 is 17.5 Å². The first kappa shape index (κ1) is 20.7. The van der Waals surface area contributed by atoms with Crippen LogP contribution in [0.2, 0.25) is 0 Å². The highest BCUT2D eigenvalue weighted by molar-refractivity contribution is 6.07. The molecule has 7 heteroatoms. The third kappa shape index (κ3) is 4.00. The fraction of sp³-hybridized carbons (Fsp3) is 0.400. The van der Waals surface area contributed by atoms with Gasteiger partial charge in [0.25, 0.3) is 5.91 Å². The van der Waals surface area contributed by atoms with Gasteiger partial charge in [-0.1, -0.05) is 30.3 Å². The van der Waals surface area contributed by atoms with Crippen LogP contribution >= 0.6 is 0 Å². The third-order valence-corrected chi connectivity index (χ3v) is 6.80. The first-order valence-electron chi connectivity index (χ1n) is 11.4. The summed E-state index contributed by atoms with van der Waals surface area (Å²) in [6, 6.07) is 10.6. The Morgan fingerprint density at radius 2 is 2.00 bits per heavy atom.